The lowest BCUT2D eigenvalue weighted by molar-refractivity contribution is -0.385. The van der Waals surface area contributed by atoms with E-state index < -0.39 is 15.0 Å². The van der Waals surface area contributed by atoms with Gasteiger partial charge in [-0.3, -0.25) is 10.1 Å². The molecule has 0 aliphatic heterocycles. The van der Waals surface area contributed by atoms with Crippen LogP contribution in [0.15, 0.2) is 41.3 Å². The maximum absolute atomic E-state index is 12.6. The fourth-order valence-corrected chi connectivity index (χ4v) is 3.40. The third-order valence-electron chi connectivity index (χ3n) is 3.43. The van der Waals surface area contributed by atoms with Crippen LogP contribution in [0.3, 0.4) is 0 Å². The fraction of sp³-hybridized carbons (Fsp3) is 0.250. The fourth-order valence-electron chi connectivity index (χ4n) is 2.13. The summed E-state index contributed by atoms with van der Waals surface area (Å²) in [6.45, 7) is 5.29. The Morgan fingerprint density at radius 3 is 2.33 bits per heavy atom. The number of nitro groups is 1. The smallest absolute Gasteiger partial charge is 0.339 e. The molecule has 0 bridgehead atoms. The molecule has 0 N–H and O–H groups in total. The average Bonchev–Trinajstić information content (AvgIpc) is 2.51. The number of ether oxygens (including phenoxy) is 1. The van der Waals surface area contributed by atoms with Gasteiger partial charge in [-0.25, -0.2) is 0 Å². The molecular formula is C16H17NO6S. The number of non-ortho nitro benzene ring substituents is 1. The minimum atomic E-state index is -4.25. The van der Waals surface area contributed by atoms with Gasteiger partial charge in [-0.2, -0.15) is 8.42 Å². The summed E-state index contributed by atoms with van der Waals surface area (Å²) in [7, 11) is -4.25. The molecule has 0 aliphatic carbocycles. The van der Waals surface area contributed by atoms with E-state index in [-0.39, 0.29) is 22.1 Å². The van der Waals surface area contributed by atoms with Gasteiger partial charge < -0.3 is 8.92 Å². The van der Waals surface area contributed by atoms with Gasteiger partial charge in [0, 0.05) is 12.1 Å². The van der Waals surface area contributed by atoms with E-state index in [1.54, 1.807) is 39.0 Å². The van der Waals surface area contributed by atoms with Crippen molar-refractivity contribution in [3.05, 3.63) is 57.6 Å². The van der Waals surface area contributed by atoms with E-state index in [2.05, 4.69) is 0 Å². The van der Waals surface area contributed by atoms with Crippen LogP contribution < -0.4 is 8.92 Å². The van der Waals surface area contributed by atoms with Crippen LogP contribution in [-0.2, 0) is 10.1 Å². The van der Waals surface area contributed by atoms with Crippen LogP contribution in [0.2, 0.25) is 0 Å². The predicted molar refractivity (Wildman–Crippen MR) is 88.0 cm³/mol. The number of para-hydroxylation sites is 2. The van der Waals surface area contributed by atoms with Crippen LogP contribution in [0, 0.1) is 24.0 Å². The molecule has 0 unspecified atom stereocenters. The van der Waals surface area contributed by atoms with E-state index in [1.807, 2.05) is 0 Å². The van der Waals surface area contributed by atoms with Gasteiger partial charge in [0.05, 0.1) is 11.5 Å². The molecule has 0 fully saturated rings. The van der Waals surface area contributed by atoms with Gasteiger partial charge in [-0.1, -0.05) is 12.1 Å². The third-order valence-corrected chi connectivity index (χ3v) is 4.79. The Labute approximate surface area is 140 Å². The number of rotatable bonds is 6. The monoisotopic (exact) mass is 351 g/mol. The highest BCUT2D eigenvalue weighted by Crippen LogP contribution is 2.32. The minimum Gasteiger partial charge on any atom is -0.490 e. The molecular weight excluding hydrogens is 334 g/mol. The first-order valence-corrected chi connectivity index (χ1v) is 8.59. The van der Waals surface area contributed by atoms with E-state index in [4.69, 9.17) is 8.92 Å². The van der Waals surface area contributed by atoms with Crippen molar-refractivity contribution in [1.82, 2.24) is 0 Å². The van der Waals surface area contributed by atoms with Crippen molar-refractivity contribution in [3.63, 3.8) is 0 Å². The van der Waals surface area contributed by atoms with E-state index in [0.717, 1.165) is 6.07 Å². The molecule has 0 amide bonds. The Balaban J connectivity index is 2.51. The van der Waals surface area contributed by atoms with Crippen LogP contribution in [0.1, 0.15) is 18.1 Å². The van der Waals surface area contributed by atoms with Crippen molar-refractivity contribution in [1.29, 1.82) is 0 Å². The molecule has 0 atom stereocenters. The molecule has 24 heavy (non-hydrogen) atoms. The Morgan fingerprint density at radius 1 is 1.12 bits per heavy atom. The van der Waals surface area contributed by atoms with Crippen LogP contribution in [0.5, 0.6) is 11.5 Å². The molecule has 0 aromatic heterocycles. The SMILES string of the molecule is CCOc1ccccc1OS(=O)(=O)c1cc([N+](=O)[O-])cc(C)c1C. The number of nitro benzene ring substituents is 1. The summed E-state index contributed by atoms with van der Waals surface area (Å²) < 4.78 is 35.7. The van der Waals surface area contributed by atoms with Gasteiger partial charge in [-0.15, -0.1) is 0 Å². The third kappa shape index (κ3) is 3.65. The standard InChI is InChI=1S/C16H17NO6S/c1-4-22-14-7-5-6-8-15(14)23-24(20,21)16-10-13(17(18)19)9-11(2)12(16)3/h5-10H,4H2,1-3H3. The Bertz CT molecular complexity index is 876. The first-order chi connectivity index (χ1) is 11.3. The number of hydrogen-bond donors (Lipinski definition) is 0. The van der Waals surface area contributed by atoms with Crippen molar-refractivity contribution in [2.45, 2.75) is 25.7 Å². The normalized spacial score (nSPS) is 11.1. The molecule has 0 aliphatic rings. The molecule has 0 saturated carbocycles. The van der Waals surface area contributed by atoms with Gasteiger partial charge in [0.25, 0.3) is 5.69 Å². The van der Waals surface area contributed by atoms with Crippen LogP contribution in [-0.4, -0.2) is 19.9 Å². The van der Waals surface area contributed by atoms with Gasteiger partial charge in [-0.05, 0) is 44.0 Å². The summed E-state index contributed by atoms with van der Waals surface area (Å²) >= 11 is 0. The van der Waals surface area contributed by atoms with E-state index >= 15 is 0 Å². The molecule has 8 heteroatoms. The van der Waals surface area contributed by atoms with Gasteiger partial charge >= 0.3 is 10.1 Å². The maximum atomic E-state index is 12.6. The molecule has 128 valence electrons. The Kier molecular flexibility index (Phi) is 5.08. The van der Waals surface area contributed by atoms with E-state index in [9.17, 15) is 18.5 Å². The van der Waals surface area contributed by atoms with E-state index in [0.29, 0.717) is 17.7 Å². The minimum absolute atomic E-state index is 0.0305. The van der Waals surface area contributed by atoms with Crippen LogP contribution >= 0.6 is 0 Å². The molecule has 2 aromatic rings. The summed E-state index contributed by atoms with van der Waals surface area (Å²) in [6.07, 6.45) is 0. The number of nitrogens with zero attached hydrogens (tertiary/aromatic N) is 1. The van der Waals surface area contributed by atoms with Crippen LogP contribution in [0.4, 0.5) is 5.69 Å². The summed E-state index contributed by atoms with van der Waals surface area (Å²) in [5, 5.41) is 11.0. The molecule has 2 aromatic carbocycles. The number of aryl methyl sites for hydroxylation is 1. The highest BCUT2D eigenvalue weighted by atomic mass is 32.2. The maximum Gasteiger partial charge on any atom is 0.339 e. The predicted octanol–water partition coefficient (Wildman–Crippen LogP) is 3.38. The van der Waals surface area contributed by atoms with Crippen molar-refractivity contribution in [3.8, 4) is 11.5 Å². The van der Waals surface area contributed by atoms with Gasteiger partial charge in [0.1, 0.15) is 4.90 Å². The molecule has 0 heterocycles. The van der Waals surface area contributed by atoms with Crippen molar-refractivity contribution >= 4 is 15.8 Å². The lowest BCUT2D eigenvalue weighted by Gasteiger charge is -2.13. The second-order valence-electron chi connectivity index (χ2n) is 5.06. The lowest BCUT2D eigenvalue weighted by Crippen LogP contribution is -2.13. The highest BCUT2D eigenvalue weighted by Gasteiger charge is 2.25. The first kappa shape index (κ1) is 17.7. The van der Waals surface area contributed by atoms with Crippen LogP contribution in [0.25, 0.3) is 0 Å². The zero-order valence-corrected chi connectivity index (χ0v) is 14.3. The highest BCUT2D eigenvalue weighted by molar-refractivity contribution is 7.87. The molecule has 2 rings (SSSR count). The second kappa shape index (κ2) is 6.88. The zero-order valence-electron chi connectivity index (χ0n) is 13.5. The number of hydrogen-bond acceptors (Lipinski definition) is 6. The summed E-state index contributed by atoms with van der Waals surface area (Å²) in [5.74, 6) is 0.311. The quantitative estimate of drug-likeness (QED) is 0.450. The molecule has 0 saturated heterocycles. The molecule has 7 nitrogen and oxygen atoms in total. The summed E-state index contributed by atoms with van der Waals surface area (Å²) in [5.41, 5.74) is 0.581. The number of benzene rings is 2. The Hall–Kier alpha value is -2.61. The molecule has 0 spiro atoms. The summed E-state index contributed by atoms with van der Waals surface area (Å²) in [6, 6.07) is 8.66. The average molecular weight is 351 g/mol. The topological polar surface area (TPSA) is 95.7 Å². The van der Waals surface area contributed by atoms with Crippen molar-refractivity contribution < 1.29 is 22.3 Å². The zero-order chi connectivity index (χ0) is 17.9. The van der Waals surface area contributed by atoms with Crippen molar-refractivity contribution in [2.24, 2.45) is 0 Å². The van der Waals surface area contributed by atoms with Crippen molar-refractivity contribution in [2.75, 3.05) is 6.61 Å². The molecule has 0 radical (unpaired) electrons. The summed E-state index contributed by atoms with van der Waals surface area (Å²) in [4.78, 5) is 10.1. The largest absolute Gasteiger partial charge is 0.490 e. The second-order valence-corrected chi connectivity index (χ2v) is 6.57. The van der Waals surface area contributed by atoms with Gasteiger partial charge in [0.15, 0.2) is 11.5 Å². The van der Waals surface area contributed by atoms with E-state index in [1.165, 1.54) is 12.1 Å². The first-order valence-electron chi connectivity index (χ1n) is 7.18. The Morgan fingerprint density at radius 2 is 1.75 bits per heavy atom. The lowest BCUT2D eigenvalue weighted by atomic mass is 10.1. The van der Waals surface area contributed by atoms with Gasteiger partial charge in [0.2, 0.25) is 0 Å².